The predicted octanol–water partition coefficient (Wildman–Crippen LogP) is 2.32. The number of hydrogen-bond acceptors (Lipinski definition) is 4. The summed E-state index contributed by atoms with van der Waals surface area (Å²) in [6.45, 7) is 3.05. The van der Waals surface area contributed by atoms with Crippen LogP contribution in [0.1, 0.15) is 11.6 Å². The molecule has 1 N–H and O–H groups in total. The van der Waals surface area contributed by atoms with Crippen molar-refractivity contribution in [3.05, 3.63) is 65.7 Å². The highest BCUT2D eigenvalue weighted by atomic mass is 32.2. The molecule has 0 spiro atoms. The quantitative estimate of drug-likeness (QED) is 0.833. The fourth-order valence-electron chi connectivity index (χ4n) is 2.84. The van der Waals surface area contributed by atoms with E-state index in [1.165, 1.54) is 0 Å². The first-order chi connectivity index (χ1) is 12.5. The van der Waals surface area contributed by atoms with Crippen molar-refractivity contribution in [2.24, 2.45) is 0 Å². The van der Waals surface area contributed by atoms with Crippen molar-refractivity contribution in [3.63, 3.8) is 0 Å². The summed E-state index contributed by atoms with van der Waals surface area (Å²) in [7, 11) is -4.01. The molecule has 1 heterocycles. The van der Waals surface area contributed by atoms with E-state index in [1.807, 2.05) is 30.3 Å². The molecule has 8 heteroatoms. The van der Waals surface area contributed by atoms with E-state index < -0.39 is 27.7 Å². The van der Waals surface area contributed by atoms with Crippen LogP contribution in [0.3, 0.4) is 0 Å². The minimum atomic E-state index is -4.01. The number of morpholine rings is 1. The van der Waals surface area contributed by atoms with Crippen molar-refractivity contribution in [1.29, 1.82) is 0 Å². The van der Waals surface area contributed by atoms with Gasteiger partial charge in [0.25, 0.3) is 0 Å². The Morgan fingerprint density at radius 3 is 2.38 bits per heavy atom. The van der Waals surface area contributed by atoms with Crippen LogP contribution in [0.5, 0.6) is 0 Å². The van der Waals surface area contributed by atoms with Crippen LogP contribution in [0, 0.1) is 11.6 Å². The number of nitrogens with one attached hydrogen (secondary N) is 1. The van der Waals surface area contributed by atoms with Crippen molar-refractivity contribution in [3.8, 4) is 0 Å². The van der Waals surface area contributed by atoms with Gasteiger partial charge in [-0.1, -0.05) is 30.3 Å². The number of benzene rings is 2. The van der Waals surface area contributed by atoms with E-state index in [2.05, 4.69) is 9.62 Å². The SMILES string of the molecule is O=S(=O)(NC(CN1CCOCC1)c1ccccc1)c1ccc(F)c(F)c1. The third-order valence-corrected chi connectivity index (χ3v) is 5.71. The van der Waals surface area contributed by atoms with E-state index >= 15 is 0 Å². The molecule has 0 bridgehead atoms. The molecule has 1 fully saturated rings. The molecule has 1 aliphatic rings. The maximum absolute atomic E-state index is 13.5. The third kappa shape index (κ3) is 4.64. The second-order valence-electron chi connectivity index (χ2n) is 6.07. The topological polar surface area (TPSA) is 58.6 Å². The number of nitrogens with zero attached hydrogens (tertiary/aromatic N) is 1. The summed E-state index contributed by atoms with van der Waals surface area (Å²) in [5.74, 6) is -2.28. The standard InChI is InChI=1S/C18H20F2N2O3S/c19-16-7-6-15(12-17(16)20)26(23,24)21-18(14-4-2-1-3-5-14)13-22-8-10-25-11-9-22/h1-7,12,18,21H,8-11,13H2. The largest absolute Gasteiger partial charge is 0.379 e. The number of halogens is 2. The molecule has 1 aliphatic heterocycles. The van der Waals surface area contributed by atoms with Crippen molar-refractivity contribution in [2.75, 3.05) is 32.8 Å². The van der Waals surface area contributed by atoms with E-state index in [4.69, 9.17) is 4.74 Å². The Morgan fingerprint density at radius 2 is 1.73 bits per heavy atom. The highest BCUT2D eigenvalue weighted by Crippen LogP contribution is 2.20. The van der Waals surface area contributed by atoms with E-state index in [-0.39, 0.29) is 4.90 Å². The monoisotopic (exact) mass is 382 g/mol. The molecule has 1 saturated heterocycles. The minimum absolute atomic E-state index is 0.306. The van der Waals surface area contributed by atoms with Gasteiger partial charge in [-0.2, -0.15) is 0 Å². The number of sulfonamides is 1. The van der Waals surface area contributed by atoms with Crippen LogP contribution in [0.4, 0.5) is 8.78 Å². The van der Waals surface area contributed by atoms with Crippen LogP contribution in [-0.4, -0.2) is 46.2 Å². The summed E-state index contributed by atoms with van der Waals surface area (Å²) in [6.07, 6.45) is 0. The normalized spacial score (nSPS) is 17.2. The van der Waals surface area contributed by atoms with Crippen LogP contribution in [0.2, 0.25) is 0 Å². The van der Waals surface area contributed by atoms with Crippen molar-refractivity contribution >= 4 is 10.0 Å². The molecule has 2 aromatic carbocycles. The summed E-state index contributed by atoms with van der Waals surface area (Å²) in [5.41, 5.74) is 0.796. The first-order valence-corrected chi connectivity index (χ1v) is 9.76. The predicted molar refractivity (Wildman–Crippen MR) is 93.1 cm³/mol. The molecule has 0 radical (unpaired) electrons. The van der Waals surface area contributed by atoms with Gasteiger partial charge in [0.1, 0.15) is 0 Å². The summed E-state index contributed by atoms with van der Waals surface area (Å²) in [5, 5.41) is 0. The van der Waals surface area contributed by atoms with Gasteiger partial charge in [-0.25, -0.2) is 21.9 Å². The minimum Gasteiger partial charge on any atom is -0.379 e. The van der Waals surface area contributed by atoms with E-state index in [9.17, 15) is 17.2 Å². The molecule has 5 nitrogen and oxygen atoms in total. The first kappa shape index (κ1) is 18.9. The average molecular weight is 382 g/mol. The Balaban J connectivity index is 1.85. The highest BCUT2D eigenvalue weighted by Gasteiger charge is 2.25. The van der Waals surface area contributed by atoms with E-state index in [1.54, 1.807) is 0 Å². The molecule has 0 saturated carbocycles. The summed E-state index contributed by atoms with van der Waals surface area (Å²) in [4.78, 5) is 1.80. The maximum atomic E-state index is 13.5. The molecule has 3 rings (SSSR count). The molecule has 26 heavy (non-hydrogen) atoms. The first-order valence-electron chi connectivity index (χ1n) is 8.28. The van der Waals surface area contributed by atoms with Gasteiger partial charge in [0.15, 0.2) is 11.6 Å². The second kappa shape index (κ2) is 8.22. The van der Waals surface area contributed by atoms with E-state index in [0.717, 1.165) is 17.7 Å². The third-order valence-electron chi connectivity index (χ3n) is 4.25. The number of rotatable bonds is 6. The lowest BCUT2D eigenvalue weighted by Crippen LogP contribution is -2.43. The Kier molecular flexibility index (Phi) is 5.98. The molecule has 140 valence electrons. The van der Waals surface area contributed by atoms with Gasteiger partial charge in [0.2, 0.25) is 10.0 Å². The van der Waals surface area contributed by atoms with Crippen LogP contribution in [0.15, 0.2) is 53.4 Å². The highest BCUT2D eigenvalue weighted by molar-refractivity contribution is 7.89. The lowest BCUT2D eigenvalue weighted by atomic mass is 10.1. The zero-order chi connectivity index (χ0) is 18.6. The van der Waals surface area contributed by atoms with Crippen LogP contribution < -0.4 is 4.72 Å². The molecular weight excluding hydrogens is 362 g/mol. The fourth-order valence-corrected chi connectivity index (χ4v) is 4.06. The van der Waals surface area contributed by atoms with Gasteiger partial charge in [-0.3, -0.25) is 4.90 Å². The van der Waals surface area contributed by atoms with Gasteiger partial charge in [0.05, 0.1) is 24.2 Å². The van der Waals surface area contributed by atoms with Crippen molar-refractivity contribution < 1.29 is 21.9 Å². The zero-order valence-electron chi connectivity index (χ0n) is 14.1. The molecule has 0 aromatic heterocycles. The number of ether oxygens (including phenoxy) is 1. The molecule has 2 aromatic rings. The van der Waals surface area contributed by atoms with Gasteiger partial charge in [-0.05, 0) is 23.8 Å². The lowest BCUT2D eigenvalue weighted by Gasteiger charge is -2.31. The van der Waals surface area contributed by atoms with Crippen molar-refractivity contribution in [1.82, 2.24) is 9.62 Å². The summed E-state index contributed by atoms with van der Waals surface area (Å²) >= 11 is 0. The smallest absolute Gasteiger partial charge is 0.241 e. The summed E-state index contributed by atoms with van der Waals surface area (Å²) in [6, 6.07) is 11.2. The van der Waals surface area contributed by atoms with Gasteiger partial charge < -0.3 is 4.74 Å². The fraction of sp³-hybridized carbons (Fsp3) is 0.333. The maximum Gasteiger partial charge on any atom is 0.241 e. The Morgan fingerprint density at radius 1 is 1.04 bits per heavy atom. The van der Waals surface area contributed by atoms with Crippen LogP contribution in [-0.2, 0) is 14.8 Å². The average Bonchev–Trinajstić information content (AvgIpc) is 2.65. The Hall–Kier alpha value is -1.87. The molecule has 0 aliphatic carbocycles. The zero-order valence-corrected chi connectivity index (χ0v) is 14.9. The van der Waals surface area contributed by atoms with Crippen molar-refractivity contribution in [2.45, 2.75) is 10.9 Å². The van der Waals surface area contributed by atoms with Gasteiger partial charge in [0, 0.05) is 19.6 Å². The Bertz CT molecular complexity index is 841. The van der Waals surface area contributed by atoms with Gasteiger partial charge in [-0.15, -0.1) is 0 Å². The van der Waals surface area contributed by atoms with E-state index in [0.29, 0.717) is 38.9 Å². The molecule has 0 amide bonds. The van der Waals surface area contributed by atoms with Gasteiger partial charge >= 0.3 is 0 Å². The molecular formula is C18H20F2N2O3S. The molecule has 1 atom stereocenters. The van der Waals surface area contributed by atoms with Crippen LogP contribution >= 0.6 is 0 Å². The summed E-state index contributed by atoms with van der Waals surface area (Å²) < 4.78 is 59.9. The lowest BCUT2D eigenvalue weighted by molar-refractivity contribution is 0.0345. The number of hydrogen-bond donors (Lipinski definition) is 1. The Labute approximate surface area is 151 Å². The van der Waals surface area contributed by atoms with Crippen LogP contribution in [0.25, 0.3) is 0 Å². The second-order valence-corrected chi connectivity index (χ2v) is 7.79. The molecule has 1 unspecified atom stereocenters.